The number of fused-ring (bicyclic) bond motifs is 1. The van der Waals surface area contributed by atoms with Crippen molar-refractivity contribution in [2.45, 2.75) is 50.1 Å². The second-order valence-corrected chi connectivity index (χ2v) is 8.25. The van der Waals surface area contributed by atoms with E-state index >= 15 is 0 Å². The lowest BCUT2D eigenvalue weighted by Gasteiger charge is -2.21. The average molecular weight is 337 g/mol. The van der Waals surface area contributed by atoms with Crippen molar-refractivity contribution >= 4 is 21.6 Å². The molecule has 0 radical (unpaired) electrons. The van der Waals surface area contributed by atoms with E-state index in [0.717, 1.165) is 24.1 Å². The van der Waals surface area contributed by atoms with Crippen molar-refractivity contribution in [3.05, 3.63) is 23.8 Å². The number of nitrogens with two attached hydrogens (primary N) is 1. The number of nitrogens with zero attached hydrogens (tertiary/aromatic N) is 1. The summed E-state index contributed by atoms with van der Waals surface area (Å²) in [5.41, 5.74) is 7.39. The fraction of sp³-hybridized carbons (Fsp3) is 0.562. The number of hydrogen-bond acceptors (Lipinski definition) is 4. The molecule has 23 heavy (non-hydrogen) atoms. The van der Waals surface area contributed by atoms with Gasteiger partial charge in [0.05, 0.1) is 4.90 Å². The van der Waals surface area contributed by atoms with Crippen LogP contribution < -0.4 is 15.4 Å². The number of nitrogens with one attached hydrogen (secondary N) is 1. The summed E-state index contributed by atoms with van der Waals surface area (Å²) in [6, 6.07) is 4.83. The maximum atomic E-state index is 12.6. The summed E-state index contributed by atoms with van der Waals surface area (Å²) in [7, 11) is -3.59. The van der Waals surface area contributed by atoms with E-state index in [1.807, 2.05) is 6.92 Å². The van der Waals surface area contributed by atoms with Gasteiger partial charge in [0.2, 0.25) is 15.9 Å². The van der Waals surface area contributed by atoms with Crippen LogP contribution in [0.4, 0.5) is 5.69 Å². The van der Waals surface area contributed by atoms with Crippen molar-refractivity contribution in [1.82, 2.24) is 4.72 Å². The van der Waals surface area contributed by atoms with Crippen molar-refractivity contribution in [3.8, 4) is 0 Å². The first kappa shape index (κ1) is 16.4. The average Bonchev–Trinajstić information content (AvgIpc) is 3.25. The Hall–Kier alpha value is -1.44. The number of rotatable bonds is 5. The monoisotopic (exact) mass is 337 g/mol. The largest absolute Gasteiger partial charge is 0.329 e. The first-order chi connectivity index (χ1) is 10.8. The van der Waals surface area contributed by atoms with Crippen molar-refractivity contribution < 1.29 is 13.2 Å². The van der Waals surface area contributed by atoms with E-state index in [0.29, 0.717) is 18.9 Å². The molecule has 0 spiro atoms. The molecule has 1 heterocycles. The maximum Gasteiger partial charge on any atom is 0.240 e. The van der Waals surface area contributed by atoms with Crippen LogP contribution in [-0.4, -0.2) is 33.0 Å². The lowest BCUT2D eigenvalue weighted by atomic mass is 10.1. The molecular formula is C16H23N3O3S. The molecule has 7 heteroatoms. The van der Waals surface area contributed by atoms with Crippen molar-refractivity contribution in [2.75, 3.05) is 11.4 Å². The Labute approximate surface area is 137 Å². The lowest BCUT2D eigenvalue weighted by molar-refractivity contribution is -0.116. The van der Waals surface area contributed by atoms with Crippen molar-refractivity contribution in [2.24, 2.45) is 11.7 Å². The quantitative estimate of drug-likeness (QED) is 0.838. The van der Waals surface area contributed by atoms with Gasteiger partial charge in [0, 0.05) is 31.2 Å². The van der Waals surface area contributed by atoms with Gasteiger partial charge in [0.25, 0.3) is 0 Å². The van der Waals surface area contributed by atoms with Gasteiger partial charge in [-0.3, -0.25) is 4.79 Å². The Morgan fingerprint density at radius 1 is 1.43 bits per heavy atom. The fourth-order valence-corrected chi connectivity index (χ4v) is 4.73. The highest BCUT2D eigenvalue weighted by atomic mass is 32.2. The summed E-state index contributed by atoms with van der Waals surface area (Å²) in [6.45, 7) is 3.80. The van der Waals surface area contributed by atoms with Crippen LogP contribution in [0.3, 0.4) is 0 Å². The predicted octanol–water partition coefficient (Wildman–Crippen LogP) is 1.000. The van der Waals surface area contributed by atoms with Crippen molar-refractivity contribution in [1.29, 1.82) is 0 Å². The molecule has 3 N–H and O–H groups in total. The first-order valence-corrected chi connectivity index (χ1v) is 9.47. The molecular weight excluding hydrogens is 314 g/mol. The van der Waals surface area contributed by atoms with Crippen LogP contribution in [0.1, 0.15) is 32.3 Å². The molecule has 126 valence electrons. The van der Waals surface area contributed by atoms with Crippen molar-refractivity contribution in [3.63, 3.8) is 0 Å². The SMILES string of the molecule is CC(=O)N1c2ccc(S(=O)(=O)NC(CN)C3CC3)cc2CC1C. The zero-order chi connectivity index (χ0) is 16.8. The fourth-order valence-electron chi connectivity index (χ4n) is 3.36. The number of benzene rings is 1. The zero-order valence-corrected chi connectivity index (χ0v) is 14.3. The molecule has 6 nitrogen and oxygen atoms in total. The van der Waals surface area contributed by atoms with Gasteiger partial charge in [-0.1, -0.05) is 0 Å². The van der Waals surface area contributed by atoms with Gasteiger partial charge >= 0.3 is 0 Å². The van der Waals surface area contributed by atoms with E-state index in [4.69, 9.17) is 5.73 Å². The summed E-state index contributed by atoms with van der Waals surface area (Å²) in [5, 5.41) is 0. The maximum absolute atomic E-state index is 12.6. The molecule has 0 aromatic heterocycles. The minimum Gasteiger partial charge on any atom is -0.329 e. The van der Waals surface area contributed by atoms with E-state index in [1.165, 1.54) is 6.92 Å². The number of sulfonamides is 1. The van der Waals surface area contributed by atoms with Crippen LogP contribution in [0.5, 0.6) is 0 Å². The van der Waals surface area contributed by atoms with Crippen LogP contribution in [-0.2, 0) is 21.2 Å². The van der Waals surface area contributed by atoms with E-state index in [2.05, 4.69) is 4.72 Å². The zero-order valence-electron chi connectivity index (χ0n) is 13.5. The summed E-state index contributed by atoms with van der Waals surface area (Å²) in [5.74, 6) is 0.333. The van der Waals surface area contributed by atoms with Crippen LogP contribution in [0, 0.1) is 5.92 Å². The summed E-state index contributed by atoms with van der Waals surface area (Å²) < 4.78 is 27.9. The minimum absolute atomic E-state index is 0.0260. The first-order valence-electron chi connectivity index (χ1n) is 7.98. The Bertz CT molecular complexity index is 728. The molecule has 0 bridgehead atoms. The molecule has 2 atom stereocenters. The molecule has 1 amide bonds. The number of carbonyl (C=O) groups excluding carboxylic acids is 1. The van der Waals surface area contributed by atoms with Gasteiger partial charge in [-0.05, 0) is 55.9 Å². The van der Waals surface area contributed by atoms with Crippen LogP contribution in [0.2, 0.25) is 0 Å². The number of hydrogen-bond donors (Lipinski definition) is 2. The van der Waals surface area contributed by atoms with Crippen LogP contribution >= 0.6 is 0 Å². The molecule has 1 fully saturated rings. The molecule has 1 aromatic carbocycles. The standard InChI is InChI=1S/C16H23N3O3S/c1-10-7-13-8-14(5-6-16(13)19(10)11(2)20)23(21,22)18-15(9-17)12-3-4-12/h5-6,8,10,12,15,18H,3-4,7,9,17H2,1-2H3. The minimum atomic E-state index is -3.59. The Balaban J connectivity index is 1.87. The van der Waals surface area contributed by atoms with E-state index < -0.39 is 10.0 Å². The van der Waals surface area contributed by atoms with Gasteiger partial charge in [-0.2, -0.15) is 0 Å². The molecule has 2 unspecified atom stereocenters. The normalized spacial score (nSPS) is 22.0. The number of amides is 1. The van der Waals surface area contributed by atoms with Gasteiger partial charge in [-0.25, -0.2) is 13.1 Å². The van der Waals surface area contributed by atoms with Gasteiger partial charge in [0.15, 0.2) is 0 Å². The molecule has 1 aromatic rings. The molecule has 1 aliphatic carbocycles. The summed E-state index contributed by atoms with van der Waals surface area (Å²) in [4.78, 5) is 13.7. The molecule has 0 saturated heterocycles. The topological polar surface area (TPSA) is 92.5 Å². The van der Waals surface area contributed by atoms with Crippen LogP contribution in [0.15, 0.2) is 23.1 Å². The summed E-state index contributed by atoms with van der Waals surface area (Å²) >= 11 is 0. The Kier molecular flexibility index (Phi) is 4.20. The highest BCUT2D eigenvalue weighted by molar-refractivity contribution is 7.89. The smallest absolute Gasteiger partial charge is 0.240 e. The molecule has 1 aliphatic heterocycles. The molecule has 3 rings (SSSR count). The lowest BCUT2D eigenvalue weighted by Crippen LogP contribution is -2.41. The highest BCUT2D eigenvalue weighted by Crippen LogP contribution is 2.35. The van der Waals surface area contributed by atoms with E-state index in [-0.39, 0.29) is 22.9 Å². The second-order valence-electron chi connectivity index (χ2n) is 6.53. The second kappa shape index (κ2) is 5.89. The number of carbonyl (C=O) groups is 1. The van der Waals surface area contributed by atoms with Gasteiger partial charge in [-0.15, -0.1) is 0 Å². The van der Waals surface area contributed by atoms with Gasteiger partial charge in [0.1, 0.15) is 0 Å². The molecule has 1 saturated carbocycles. The Morgan fingerprint density at radius 3 is 2.70 bits per heavy atom. The molecule has 2 aliphatic rings. The van der Waals surface area contributed by atoms with E-state index in [9.17, 15) is 13.2 Å². The van der Waals surface area contributed by atoms with E-state index in [1.54, 1.807) is 23.1 Å². The third-order valence-electron chi connectivity index (χ3n) is 4.67. The summed E-state index contributed by atoms with van der Waals surface area (Å²) in [6.07, 6.45) is 2.72. The third-order valence-corrected chi connectivity index (χ3v) is 6.16. The highest BCUT2D eigenvalue weighted by Gasteiger charge is 2.34. The predicted molar refractivity (Wildman–Crippen MR) is 88.7 cm³/mol. The third kappa shape index (κ3) is 3.13. The van der Waals surface area contributed by atoms with Crippen LogP contribution in [0.25, 0.3) is 0 Å². The number of anilines is 1. The Morgan fingerprint density at radius 2 is 2.13 bits per heavy atom. The van der Waals surface area contributed by atoms with Gasteiger partial charge < -0.3 is 10.6 Å².